The van der Waals surface area contributed by atoms with Crippen molar-refractivity contribution in [3.8, 4) is 0 Å². The Morgan fingerprint density at radius 2 is 1.69 bits per heavy atom. The van der Waals surface area contributed by atoms with Crippen molar-refractivity contribution in [2.24, 2.45) is 5.92 Å². The molecular weight excluding hydrogens is 386 g/mol. The Labute approximate surface area is 175 Å². The third kappa shape index (κ3) is 8.62. The van der Waals surface area contributed by atoms with Crippen LogP contribution in [0.4, 0.5) is 0 Å². The van der Waals surface area contributed by atoms with Crippen molar-refractivity contribution in [1.82, 2.24) is 14.2 Å². The molecule has 2 rings (SSSR count). The molecule has 0 aliphatic carbocycles. The van der Waals surface area contributed by atoms with Gasteiger partial charge >= 0.3 is 0 Å². The molecule has 0 aliphatic rings. The normalized spacial score (nSPS) is 13.3. The lowest BCUT2D eigenvalue weighted by molar-refractivity contribution is 0.103. The van der Waals surface area contributed by atoms with Gasteiger partial charge in [-0.2, -0.15) is 4.31 Å². The number of pyridine rings is 1. The molecule has 1 unspecified atom stereocenters. The number of nitrogens with zero attached hydrogens (tertiary/aromatic N) is 3. The first-order valence-corrected chi connectivity index (χ1v) is 11.6. The van der Waals surface area contributed by atoms with Gasteiger partial charge in [0.05, 0.1) is 11.9 Å². The predicted molar refractivity (Wildman–Crippen MR) is 117 cm³/mol. The minimum absolute atomic E-state index is 0.0515. The van der Waals surface area contributed by atoms with Crippen LogP contribution in [0.3, 0.4) is 0 Å². The molecule has 1 heterocycles. The van der Waals surface area contributed by atoms with Gasteiger partial charge in [-0.05, 0) is 36.6 Å². The van der Waals surface area contributed by atoms with Gasteiger partial charge in [-0.15, -0.1) is 0 Å². The largest absolute Gasteiger partial charge is 0.390 e. The van der Waals surface area contributed by atoms with Gasteiger partial charge in [-0.1, -0.05) is 50.2 Å². The number of hydrogen-bond acceptors (Lipinski definition) is 5. The molecule has 6 nitrogen and oxygen atoms in total. The highest BCUT2D eigenvalue weighted by molar-refractivity contribution is 7.88. The molecule has 2 aromatic rings. The number of sulfonamides is 1. The topological polar surface area (TPSA) is 73.7 Å². The van der Waals surface area contributed by atoms with Crippen molar-refractivity contribution in [2.45, 2.75) is 32.1 Å². The lowest BCUT2D eigenvalue weighted by Gasteiger charge is -2.28. The summed E-state index contributed by atoms with van der Waals surface area (Å²) in [6, 6.07) is 13.1. The van der Waals surface area contributed by atoms with E-state index >= 15 is 0 Å². The van der Waals surface area contributed by atoms with E-state index in [9.17, 15) is 13.5 Å². The molecule has 29 heavy (non-hydrogen) atoms. The van der Waals surface area contributed by atoms with Crippen molar-refractivity contribution in [3.05, 3.63) is 66.0 Å². The standard InChI is InChI=1S/C22H33N3O3S/c1-19(2)15-25(29(27,28)18-21-8-5-4-6-9-21)17-22(26)16-24(3)13-11-20-10-7-12-23-14-20/h4-10,12,14,19,22,26H,11,13,15-18H2,1-3H3. The molecule has 0 saturated heterocycles. The second-order valence-electron chi connectivity index (χ2n) is 7.98. The maximum Gasteiger partial charge on any atom is 0.218 e. The summed E-state index contributed by atoms with van der Waals surface area (Å²) in [4.78, 5) is 6.13. The smallest absolute Gasteiger partial charge is 0.218 e. The number of benzene rings is 1. The third-order valence-corrected chi connectivity index (χ3v) is 6.38. The highest BCUT2D eigenvalue weighted by Gasteiger charge is 2.26. The summed E-state index contributed by atoms with van der Waals surface area (Å²) < 4.78 is 27.4. The average molecular weight is 420 g/mol. The lowest BCUT2D eigenvalue weighted by Crippen LogP contribution is -2.44. The van der Waals surface area contributed by atoms with E-state index in [1.165, 1.54) is 4.31 Å². The van der Waals surface area contributed by atoms with Gasteiger partial charge in [-0.3, -0.25) is 4.98 Å². The number of rotatable bonds is 12. The second-order valence-corrected chi connectivity index (χ2v) is 9.95. The van der Waals surface area contributed by atoms with E-state index < -0.39 is 16.1 Å². The number of aliphatic hydroxyl groups excluding tert-OH is 1. The van der Waals surface area contributed by atoms with Gasteiger partial charge < -0.3 is 10.0 Å². The molecule has 1 N–H and O–H groups in total. The first-order valence-electron chi connectivity index (χ1n) is 10.0. The SMILES string of the molecule is CC(C)CN(CC(O)CN(C)CCc1cccnc1)S(=O)(=O)Cc1ccccc1. The fourth-order valence-electron chi connectivity index (χ4n) is 3.19. The summed E-state index contributed by atoms with van der Waals surface area (Å²) in [5, 5.41) is 10.6. The van der Waals surface area contributed by atoms with Crippen LogP contribution in [0.1, 0.15) is 25.0 Å². The summed E-state index contributed by atoms with van der Waals surface area (Å²) in [6.07, 6.45) is 3.67. The van der Waals surface area contributed by atoms with Crippen LogP contribution in [0.25, 0.3) is 0 Å². The van der Waals surface area contributed by atoms with Gasteiger partial charge in [-0.25, -0.2) is 8.42 Å². The Kier molecular flexibility index (Phi) is 9.23. The molecule has 7 heteroatoms. The van der Waals surface area contributed by atoms with Gasteiger partial charge in [0.25, 0.3) is 0 Å². The quantitative estimate of drug-likeness (QED) is 0.572. The van der Waals surface area contributed by atoms with Crippen molar-refractivity contribution < 1.29 is 13.5 Å². The molecule has 0 saturated carbocycles. The molecule has 0 bridgehead atoms. The maximum atomic E-state index is 13.0. The number of hydrogen-bond donors (Lipinski definition) is 1. The molecule has 1 atom stereocenters. The Morgan fingerprint density at radius 1 is 1.00 bits per heavy atom. The Morgan fingerprint density at radius 3 is 2.31 bits per heavy atom. The van der Waals surface area contributed by atoms with Crippen LogP contribution < -0.4 is 0 Å². The Hall–Kier alpha value is -1.80. The zero-order valence-electron chi connectivity index (χ0n) is 17.6. The highest BCUT2D eigenvalue weighted by Crippen LogP contribution is 2.14. The number of aromatic nitrogens is 1. The monoisotopic (exact) mass is 419 g/mol. The van der Waals surface area contributed by atoms with Crippen LogP contribution in [-0.4, -0.2) is 67.0 Å². The van der Waals surface area contributed by atoms with Gasteiger partial charge in [0.2, 0.25) is 10.0 Å². The van der Waals surface area contributed by atoms with Crippen molar-refractivity contribution in [3.63, 3.8) is 0 Å². The molecule has 0 radical (unpaired) electrons. The molecule has 1 aromatic heterocycles. The fourth-order valence-corrected chi connectivity index (χ4v) is 4.92. The van der Waals surface area contributed by atoms with Crippen LogP contribution in [0.2, 0.25) is 0 Å². The molecule has 1 aromatic carbocycles. The highest BCUT2D eigenvalue weighted by atomic mass is 32.2. The maximum absolute atomic E-state index is 13.0. The Balaban J connectivity index is 1.93. The van der Waals surface area contributed by atoms with E-state index in [1.54, 1.807) is 6.20 Å². The minimum atomic E-state index is -3.51. The molecule has 0 aliphatic heterocycles. The van der Waals surface area contributed by atoms with Crippen LogP contribution in [-0.2, 0) is 22.2 Å². The number of aliphatic hydroxyl groups is 1. The van der Waals surface area contributed by atoms with Crippen LogP contribution in [0.15, 0.2) is 54.9 Å². The van der Waals surface area contributed by atoms with E-state index in [0.29, 0.717) is 13.1 Å². The van der Waals surface area contributed by atoms with Crippen molar-refractivity contribution in [1.29, 1.82) is 0 Å². The van der Waals surface area contributed by atoms with Crippen LogP contribution in [0.5, 0.6) is 0 Å². The third-order valence-electron chi connectivity index (χ3n) is 4.60. The van der Waals surface area contributed by atoms with Crippen molar-refractivity contribution >= 4 is 10.0 Å². The van der Waals surface area contributed by atoms with Crippen LogP contribution >= 0.6 is 0 Å². The molecule has 160 valence electrons. The predicted octanol–water partition coefficient (Wildman–Crippen LogP) is 2.40. The summed E-state index contributed by atoms with van der Waals surface area (Å²) in [7, 11) is -1.57. The van der Waals surface area contributed by atoms with E-state index in [4.69, 9.17) is 0 Å². The Bertz CT molecular complexity index is 814. The summed E-state index contributed by atoms with van der Waals surface area (Å²) >= 11 is 0. The first-order chi connectivity index (χ1) is 13.8. The fraction of sp³-hybridized carbons (Fsp3) is 0.500. The molecule has 0 fully saturated rings. The van der Waals surface area contributed by atoms with E-state index in [2.05, 4.69) is 4.98 Å². The van der Waals surface area contributed by atoms with Crippen molar-refractivity contribution in [2.75, 3.05) is 33.2 Å². The summed E-state index contributed by atoms with van der Waals surface area (Å²) in [6.45, 7) is 5.64. The van der Waals surface area contributed by atoms with E-state index in [1.807, 2.05) is 74.5 Å². The number of likely N-dealkylation sites (N-methyl/N-ethyl adjacent to an activating group) is 1. The zero-order valence-corrected chi connectivity index (χ0v) is 18.4. The zero-order chi connectivity index (χ0) is 21.3. The van der Waals surface area contributed by atoms with E-state index in [-0.39, 0.29) is 18.2 Å². The van der Waals surface area contributed by atoms with Gasteiger partial charge in [0.1, 0.15) is 0 Å². The first kappa shape index (κ1) is 23.5. The molecule has 0 amide bonds. The average Bonchev–Trinajstić information content (AvgIpc) is 2.67. The van der Waals surface area contributed by atoms with E-state index in [0.717, 1.165) is 24.1 Å². The summed E-state index contributed by atoms with van der Waals surface area (Å²) in [5.74, 6) is 0.125. The van der Waals surface area contributed by atoms with Crippen LogP contribution in [0, 0.1) is 5.92 Å². The lowest BCUT2D eigenvalue weighted by atomic mass is 10.2. The minimum Gasteiger partial charge on any atom is -0.390 e. The van der Waals surface area contributed by atoms with Gasteiger partial charge in [0.15, 0.2) is 0 Å². The summed E-state index contributed by atoms with van der Waals surface area (Å²) in [5.41, 5.74) is 1.89. The second kappa shape index (κ2) is 11.4. The van der Waals surface area contributed by atoms with Gasteiger partial charge in [0, 0.05) is 38.6 Å². The molecular formula is C22H33N3O3S. The molecule has 0 spiro atoms.